The Hall–Kier alpha value is -1.26. The number of methoxy groups -OCH3 is 2. The Bertz CT molecular complexity index is 413. The second kappa shape index (κ2) is 7.50. The van der Waals surface area contributed by atoms with Crippen molar-refractivity contribution in [2.45, 2.75) is 44.3 Å². The van der Waals surface area contributed by atoms with E-state index in [1.165, 1.54) is 6.42 Å². The number of aliphatic hydroxyl groups is 1. The minimum Gasteiger partial charge on any atom is -0.497 e. The summed E-state index contributed by atoms with van der Waals surface area (Å²) in [5, 5.41) is 10.4. The summed E-state index contributed by atoms with van der Waals surface area (Å²) in [7, 11) is 3.23. The normalized spacial score (nSPS) is 20.4. The van der Waals surface area contributed by atoms with Crippen molar-refractivity contribution in [1.29, 1.82) is 0 Å². The molecule has 0 aliphatic carbocycles. The number of ether oxygens (including phenoxy) is 3. The lowest BCUT2D eigenvalue weighted by molar-refractivity contribution is 0.00197. The second-order valence-corrected chi connectivity index (χ2v) is 5.19. The van der Waals surface area contributed by atoms with E-state index in [1.54, 1.807) is 14.2 Å². The molecule has 0 radical (unpaired) electrons. The van der Waals surface area contributed by atoms with Gasteiger partial charge < -0.3 is 19.3 Å². The highest BCUT2D eigenvalue weighted by atomic mass is 16.5. The highest BCUT2D eigenvalue weighted by Gasteiger charge is 2.19. The molecule has 0 amide bonds. The van der Waals surface area contributed by atoms with Crippen LogP contribution >= 0.6 is 0 Å². The summed E-state index contributed by atoms with van der Waals surface area (Å²) in [4.78, 5) is 0. The molecule has 0 saturated carbocycles. The smallest absolute Gasteiger partial charge is 0.124 e. The third kappa shape index (κ3) is 3.87. The second-order valence-electron chi connectivity index (χ2n) is 5.19. The van der Waals surface area contributed by atoms with Crippen LogP contribution in [-0.2, 0) is 4.74 Å². The molecule has 1 saturated heterocycles. The predicted octanol–water partition coefficient (Wildman–Crippen LogP) is 3.09. The molecule has 1 aromatic carbocycles. The van der Waals surface area contributed by atoms with Crippen molar-refractivity contribution in [3.05, 3.63) is 23.8 Å². The van der Waals surface area contributed by atoms with Gasteiger partial charge in [-0.1, -0.05) is 0 Å². The number of hydrogen-bond donors (Lipinski definition) is 1. The average Bonchev–Trinajstić information content (AvgIpc) is 2.52. The van der Waals surface area contributed by atoms with E-state index >= 15 is 0 Å². The molecule has 0 spiro atoms. The highest BCUT2D eigenvalue weighted by Crippen LogP contribution is 2.32. The first kappa shape index (κ1) is 15.1. The maximum Gasteiger partial charge on any atom is 0.124 e. The molecule has 2 unspecified atom stereocenters. The van der Waals surface area contributed by atoms with Crippen LogP contribution in [0, 0.1) is 0 Å². The summed E-state index contributed by atoms with van der Waals surface area (Å²) >= 11 is 0. The molecule has 4 nitrogen and oxygen atoms in total. The fraction of sp³-hybridized carbons (Fsp3) is 0.625. The Balaban J connectivity index is 1.98. The van der Waals surface area contributed by atoms with Gasteiger partial charge in [-0.15, -0.1) is 0 Å². The van der Waals surface area contributed by atoms with Crippen LogP contribution in [-0.4, -0.2) is 32.0 Å². The zero-order chi connectivity index (χ0) is 14.4. The fourth-order valence-electron chi connectivity index (χ4n) is 2.63. The van der Waals surface area contributed by atoms with Crippen LogP contribution < -0.4 is 9.47 Å². The van der Waals surface area contributed by atoms with Gasteiger partial charge in [0, 0.05) is 12.2 Å². The van der Waals surface area contributed by atoms with Crippen molar-refractivity contribution in [3.63, 3.8) is 0 Å². The van der Waals surface area contributed by atoms with Gasteiger partial charge in [-0.3, -0.25) is 0 Å². The van der Waals surface area contributed by atoms with E-state index in [0.717, 1.165) is 37.2 Å². The molecule has 1 aliphatic rings. The van der Waals surface area contributed by atoms with Crippen LogP contribution in [0.3, 0.4) is 0 Å². The molecule has 1 N–H and O–H groups in total. The van der Waals surface area contributed by atoms with Crippen LogP contribution in [0.25, 0.3) is 0 Å². The number of aliphatic hydroxyl groups excluding tert-OH is 1. The van der Waals surface area contributed by atoms with Crippen molar-refractivity contribution < 1.29 is 19.3 Å². The zero-order valence-corrected chi connectivity index (χ0v) is 12.3. The van der Waals surface area contributed by atoms with Crippen molar-refractivity contribution in [1.82, 2.24) is 0 Å². The fourth-order valence-corrected chi connectivity index (χ4v) is 2.63. The van der Waals surface area contributed by atoms with Crippen LogP contribution in [0.15, 0.2) is 18.2 Å². The van der Waals surface area contributed by atoms with Gasteiger partial charge in [0.25, 0.3) is 0 Å². The van der Waals surface area contributed by atoms with Gasteiger partial charge in [-0.05, 0) is 50.3 Å². The molecule has 1 aliphatic heterocycles. The first-order chi connectivity index (χ1) is 9.74. The van der Waals surface area contributed by atoms with Crippen molar-refractivity contribution in [2.75, 3.05) is 20.8 Å². The average molecular weight is 280 g/mol. The Morgan fingerprint density at radius 2 is 2.15 bits per heavy atom. The monoisotopic (exact) mass is 280 g/mol. The number of benzene rings is 1. The van der Waals surface area contributed by atoms with Crippen LogP contribution in [0.1, 0.15) is 43.8 Å². The van der Waals surface area contributed by atoms with Gasteiger partial charge in [-0.2, -0.15) is 0 Å². The van der Waals surface area contributed by atoms with E-state index in [0.29, 0.717) is 12.2 Å². The Kier molecular flexibility index (Phi) is 5.68. The quantitative estimate of drug-likeness (QED) is 0.870. The molecule has 1 fully saturated rings. The van der Waals surface area contributed by atoms with Gasteiger partial charge in [0.2, 0.25) is 0 Å². The minimum atomic E-state index is -0.550. The lowest BCUT2D eigenvalue weighted by Crippen LogP contribution is -2.19. The standard InChI is InChI=1S/C16H24O4/c1-18-13-7-9-16(19-2)14(11-13)15(17)8-6-12-5-3-4-10-20-12/h7,9,11-12,15,17H,3-6,8,10H2,1-2H3. The van der Waals surface area contributed by atoms with Gasteiger partial charge in [0.05, 0.1) is 26.4 Å². The van der Waals surface area contributed by atoms with E-state index in [-0.39, 0.29) is 6.10 Å². The van der Waals surface area contributed by atoms with Crippen molar-refractivity contribution >= 4 is 0 Å². The third-order valence-electron chi connectivity index (χ3n) is 3.83. The summed E-state index contributed by atoms with van der Waals surface area (Å²) in [5.41, 5.74) is 0.780. The van der Waals surface area contributed by atoms with E-state index in [9.17, 15) is 5.11 Å². The third-order valence-corrected chi connectivity index (χ3v) is 3.83. The molecule has 0 aromatic heterocycles. The first-order valence-corrected chi connectivity index (χ1v) is 7.26. The zero-order valence-electron chi connectivity index (χ0n) is 12.3. The number of hydrogen-bond acceptors (Lipinski definition) is 4. The molecule has 0 bridgehead atoms. The van der Waals surface area contributed by atoms with E-state index in [1.807, 2.05) is 18.2 Å². The maximum absolute atomic E-state index is 10.4. The maximum atomic E-state index is 10.4. The summed E-state index contributed by atoms with van der Waals surface area (Å²) in [5.74, 6) is 1.43. The van der Waals surface area contributed by atoms with Crippen LogP contribution in [0.4, 0.5) is 0 Å². The molecule has 2 rings (SSSR count). The molecular weight excluding hydrogens is 256 g/mol. The lowest BCUT2D eigenvalue weighted by Gasteiger charge is -2.24. The summed E-state index contributed by atoms with van der Waals surface area (Å²) in [6.07, 6.45) is 4.77. The van der Waals surface area contributed by atoms with Crippen molar-refractivity contribution in [2.24, 2.45) is 0 Å². The largest absolute Gasteiger partial charge is 0.497 e. The molecule has 1 aromatic rings. The Labute approximate surface area is 120 Å². The summed E-state index contributed by atoms with van der Waals surface area (Å²) < 4.78 is 16.2. The van der Waals surface area contributed by atoms with Gasteiger partial charge in [-0.25, -0.2) is 0 Å². The van der Waals surface area contributed by atoms with Gasteiger partial charge in [0.1, 0.15) is 11.5 Å². The minimum absolute atomic E-state index is 0.287. The van der Waals surface area contributed by atoms with Crippen LogP contribution in [0.2, 0.25) is 0 Å². The van der Waals surface area contributed by atoms with Crippen molar-refractivity contribution in [3.8, 4) is 11.5 Å². The molecule has 4 heteroatoms. The molecule has 1 heterocycles. The topological polar surface area (TPSA) is 47.9 Å². The first-order valence-electron chi connectivity index (χ1n) is 7.26. The molecule has 2 atom stereocenters. The highest BCUT2D eigenvalue weighted by molar-refractivity contribution is 5.41. The molecular formula is C16H24O4. The van der Waals surface area contributed by atoms with Crippen LogP contribution in [0.5, 0.6) is 11.5 Å². The Morgan fingerprint density at radius 3 is 2.80 bits per heavy atom. The number of rotatable bonds is 6. The summed E-state index contributed by atoms with van der Waals surface area (Å²) in [6.45, 7) is 0.850. The van der Waals surface area contributed by atoms with E-state index < -0.39 is 6.10 Å². The van der Waals surface area contributed by atoms with Gasteiger partial charge in [0.15, 0.2) is 0 Å². The predicted molar refractivity (Wildman–Crippen MR) is 77.3 cm³/mol. The molecule has 20 heavy (non-hydrogen) atoms. The molecule has 112 valence electrons. The Morgan fingerprint density at radius 1 is 1.30 bits per heavy atom. The lowest BCUT2D eigenvalue weighted by atomic mass is 9.98. The SMILES string of the molecule is COc1ccc(OC)c(C(O)CCC2CCCCO2)c1. The van der Waals surface area contributed by atoms with E-state index in [2.05, 4.69) is 0 Å². The van der Waals surface area contributed by atoms with Gasteiger partial charge >= 0.3 is 0 Å². The van der Waals surface area contributed by atoms with E-state index in [4.69, 9.17) is 14.2 Å². The summed E-state index contributed by atoms with van der Waals surface area (Å²) in [6, 6.07) is 5.50.